The number of aliphatic hydroxyl groups is 1. The van der Waals surface area contributed by atoms with Crippen molar-refractivity contribution in [2.45, 2.75) is 37.5 Å². The molecule has 120 valence electrons. The SMILES string of the molecule is COc1ccc([C@](O)(CC2=CC(=O)CCC2)C(F)(F)F)cc1. The number of ketones is 1. The number of rotatable bonds is 4. The van der Waals surface area contributed by atoms with Crippen LogP contribution in [0.4, 0.5) is 13.2 Å². The Bertz CT molecular complexity index is 575. The zero-order valence-electron chi connectivity index (χ0n) is 12.1. The molecule has 3 nitrogen and oxygen atoms in total. The Morgan fingerprint density at radius 1 is 1.18 bits per heavy atom. The van der Waals surface area contributed by atoms with Crippen LogP contribution in [-0.2, 0) is 10.4 Å². The number of hydrogen-bond acceptors (Lipinski definition) is 3. The van der Waals surface area contributed by atoms with Gasteiger partial charge in [0.1, 0.15) is 5.75 Å². The highest BCUT2D eigenvalue weighted by molar-refractivity contribution is 5.91. The van der Waals surface area contributed by atoms with Gasteiger partial charge in [0.05, 0.1) is 7.11 Å². The summed E-state index contributed by atoms with van der Waals surface area (Å²) in [6, 6.07) is 5.12. The van der Waals surface area contributed by atoms with Crippen LogP contribution in [0.2, 0.25) is 0 Å². The molecule has 0 aromatic heterocycles. The zero-order valence-corrected chi connectivity index (χ0v) is 12.1. The van der Waals surface area contributed by atoms with E-state index in [2.05, 4.69) is 0 Å². The number of alkyl halides is 3. The number of carbonyl (C=O) groups excluding carboxylic acids is 1. The maximum absolute atomic E-state index is 13.4. The summed E-state index contributed by atoms with van der Waals surface area (Å²) in [6.07, 6.45) is -3.00. The van der Waals surface area contributed by atoms with Crippen LogP contribution in [0.15, 0.2) is 35.9 Å². The quantitative estimate of drug-likeness (QED) is 0.925. The lowest BCUT2D eigenvalue weighted by Crippen LogP contribution is -2.42. The van der Waals surface area contributed by atoms with Crippen molar-refractivity contribution in [2.24, 2.45) is 0 Å². The van der Waals surface area contributed by atoms with E-state index in [9.17, 15) is 23.1 Å². The van der Waals surface area contributed by atoms with Crippen LogP contribution in [0.1, 0.15) is 31.2 Å². The highest BCUT2D eigenvalue weighted by Crippen LogP contribution is 2.44. The van der Waals surface area contributed by atoms with Gasteiger partial charge in [-0.25, -0.2) is 0 Å². The number of carbonyl (C=O) groups is 1. The first-order chi connectivity index (χ1) is 10.3. The number of benzene rings is 1. The Balaban J connectivity index is 2.37. The second-order valence-corrected chi connectivity index (χ2v) is 5.39. The van der Waals surface area contributed by atoms with Crippen LogP contribution in [0.3, 0.4) is 0 Å². The van der Waals surface area contributed by atoms with E-state index in [0.717, 1.165) is 0 Å². The first-order valence-corrected chi connectivity index (χ1v) is 6.92. The van der Waals surface area contributed by atoms with E-state index >= 15 is 0 Å². The topological polar surface area (TPSA) is 46.5 Å². The summed E-state index contributed by atoms with van der Waals surface area (Å²) in [6.45, 7) is 0. The molecule has 22 heavy (non-hydrogen) atoms. The Morgan fingerprint density at radius 3 is 2.32 bits per heavy atom. The molecule has 0 radical (unpaired) electrons. The second kappa shape index (κ2) is 6.12. The van der Waals surface area contributed by atoms with Crippen LogP contribution in [0.25, 0.3) is 0 Å². The molecule has 2 rings (SSSR count). The van der Waals surface area contributed by atoms with Crippen molar-refractivity contribution in [1.29, 1.82) is 0 Å². The minimum atomic E-state index is -4.84. The van der Waals surface area contributed by atoms with Gasteiger partial charge >= 0.3 is 6.18 Å². The fourth-order valence-electron chi connectivity index (χ4n) is 2.56. The second-order valence-electron chi connectivity index (χ2n) is 5.39. The highest BCUT2D eigenvalue weighted by Gasteiger charge is 2.55. The molecule has 0 saturated carbocycles. The fraction of sp³-hybridized carbons (Fsp3) is 0.438. The first-order valence-electron chi connectivity index (χ1n) is 6.92. The molecule has 0 saturated heterocycles. The molecular formula is C16H17F3O3. The van der Waals surface area contributed by atoms with E-state index in [1.807, 2.05) is 0 Å². The summed E-state index contributed by atoms with van der Waals surface area (Å²) in [5.41, 5.74) is -2.95. The van der Waals surface area contributed by atoms with Gasteiger partial charge in [0.25, 0.3) is 0 Å². The minimum absolute atomic E-state index is 0.194. The molecule has 0 heterocycles. The van der Waals surface area contributed by atoms with Crippen LogP contribution in [0, 0.1) is 0 Å². The van der Waals surface area contributed by atoms with Gasteiger partial charge in [-0.1, -0.05) is 17.7 Å². The van der Waals surface area contributed by atoms with E-state index in [-0.39, 0.29) is 11.3 Å². The standard InChI is InChI=1S/C16H17F3O3/c1-22-14-7-5-12(6-8-14)15(21,16(17,18)19)10-11-3-2-4-13(20)9-11/h5-9,21H,2-4,10H2,1H3/t15-/m1/s1. The Kier molecular flexibility index (Phi) is 4.60. The van der Waals surface area contributed by atoms with Crippen LogP contribution >= 0.6 is 0 Å². The van der Waals surface area contributed by atoms with Gasteiger partial charge in [-0.3, -0.25) is 4.79 Å². The van der Waals surface area contributed by atoms with Crippen molar-refractivity contribution in [2.75, 3.05) is 7.11 Å². The lowest BCUT2D eigenvalue weighted by molar-refractivity contribution is -0.266. The van der Waals surface area contributed by atoms with Gasteiger partial charge in [0.15, 0.2) is 11.4 Å². The lowest BCUT2D eigenvalue weighted by atomic mass is 9.83. The van der Waals surface area contributed by atoms with Crippen LogP contribution in [-0.4, -0.2) is 24.2 Å². The number of allylic oxidation sites excluding steroid dienone is 1. The Hall–Kier alpha value is -1.82. The van der Waals surface area contributed by atoms with Crippen molar-refractivity contribution in [3.8, 4) is 5.75 Å². The molecule has 0 unspecified atom stereocenters. The van der Waals surface area contributed by atoms with Crippen molar-refractivity contribution in [3.63, 3.8) is 0 Å². The average molecular weight is 314 g/mol. The molecule has 0 bridgehead atoms. The fourth-order valence-corrected chi connectivity index (χ4v) is 2.56. The lowest BCUT2D eigenvalue weighted by Gasteiger charge is -2.32. The minimum Gasteiger partial charge on any atom is -0.497 e. The van der Waals surface area contributed by atoms with Crippen molar-refractivity contribution in [1.82, 2.24) is 0 Å². The molecule has 1 aromatic rings. The molecule has 1 atom stereocenters. The third-order valence-electron chi connectivity index (χ3n) is 3.81. The molecule has 1 aliphatic rings. The van der Waals surface area contributed by atoms with Crippen molar-refractivity contribution < 1.29 is 27.8 Å². The predicted molar refractivity (Wildman–Crippen MR) is 74.5 cm³/mol. The van der Waals surface area contributed by atoms with Crippen molar-refractivity contribution in [3.05, 3.63) is 41.5 Å². The van der Waals surface area contributed by atoms with E-state index < -0.39 is 18.2 Å². The van der Waals surface area contributed by atoms with E-state index in [1.165, 1.54) is 37.5 Å². The predicted octanol–water partition coefficient (Wildman–Crippen LogP) is 3.51. The first kappa shape index (κ1) is 16.5. The molecule has 1 aliphatic carbocycles. The van der Waals surface area contributed by atoms with Gasteiger partial charge in [-0.05, 0) is 36.6 Å². The molecule has 0 aliphatic heterocycles. The number of hydrogen-bond donors (Lipinski definition) is 1. The summed E-state index contributed by atoms with van der Waals surface area (Å²) < 4.78 is 45.2. The number of ether oxygens (including phenoxy) is 1. The highest BCUT2D eigenvalue weighted by atomic mass is 19.4. The molecule has 0 spiro atoms. The van der Waals surface area contributed by atoms with Gasteiger partial charge in [-0.15, -0.1) is 0 Å². The van der Waals surface area contributed by atoms with Gasteiger partial charge in [-0.2, -0.15) is 13.2 Å². The van der Waals surface area contributed by atoms with E-state index in [1.54, 1.807) is 0 Å². The van der Waals surface area contributed by atoms with Gasteiger partial charge < -0.3 is 9.84 Å². The molecule has 0 amide bonds. The van der Waals surface area contributed by atoms with Gasteiger partial charge in [0, 0.05) is 12.8 Å². The Morgan fingerprint density at radius 2 is 1.82 bits per heavy atom. The third kappa shape index (κ3) is 3.32. The molecule has 1 N–H and O–H groups in total. The molecular weight excluding hydrogens is 297 g/mol. The summed E-state index contributed by atoms with van der Waals surface area (Å²) in [5, 5.41) is 10.3. The van der Waals surface area contributed by atoms with Crippen molar-refractivity contribution >= 4 is 5.78 Å². The van der Waals surface area contributed by atoms with Crippen LogP contribution in [0.5, 0.6) is 5.75 Å². The number of halogens is 3. The summed E-state index contributed by atoms with van der Waals surface area (Å²) in [4.78, 5) is 11.4. The molecule has 1 aromatic carbocycles. The molecule has 0 fully saturated rings. The largest absolute Gasteiger partial charge is 0.497 e. The summed E-state index contributed by atoms with van der Waals surface area (Å²) in [5.74, 6) is 0.209. The average Bonchev–Trinajstić information content (AvgIpc) is 2.46. The normalized spacial score (nSPS) is 18.6. The zero-order chi connectivity index (χ0) is 16.4. The Labute approximate surface area is 126 Å². The van der Waals surface area contributed by atoms with E-state index in [4.69, 9.17) is 4.74 Å². The smallest absolute Gasteiger partial charge is 0.421 e. The monoisotopic (exact) mass is 314 g/mol. The van der Waals surface area contributed by atoms with Gasteiger partial charge in [0.2, 0.25) is 0 Å². The maximum Gasteiger partial charge on any atom is 0.421 e. The number of methoxy groups -OCH3 is 1. The molecule has 6 heteroatoms. The maximum atomic E-state index is 13.4. The summed E-state index contributed by atoms with van der Waals surface area (Å²) >= 11 is 0. The van der Waals surface area contributed by atoms with E-state index in [0.29, 0.717) is 30.6 Å². The third-order valence-corrected chi connectivity index (χ3v) is 3.81. The summed E-state index contributed by atoms with van der Waals surface area (Å²) in [7, 11) is 1.41. The van der Waals surface area contributed by atoms with Crippen LogP contribution < -0.4 is 4.74 Å².